The largest absolute Gasteiger partial charge is 0.492 e. The fourth-order valence-corrected chi connectivity index (χ4v) is 1.10. The van der Waals surface area contributed by atoms with Gasteiger partial charge in [0.05, 0.1) is 19.0 Å². The molecule has 0 saturated carbocycles. The molecule has 0 unspecified atom stereocenters. The molecule has 1 aliphatic rings. The van der Waals surface area contributed by atoms with Gasteiger partial charge in [0.2, 0.25) is 0 Å². The number of rotatable bonds is 0. The molecule has 3 nitrogen and oxygen atoms in total. The van der Waals surface area contributed by atoms with E-state index in [0.29, 0.717) is 0 Å². The molecular weight excluding hydrogens is 128 g/mol. The van der Waals surface area contributed by atoms with Crippen molar-refractivity contribution in [2.75, 3.05) is 6.61 Å². The van der Waals surface area contributed by atoms with Gasteiger partial charge in [0.15, 0.2) is 0 Å². The first kappa shape index (κ1) is 5.65. The molecule has 1 aromatic heterocycles. The van der Waals surface area contributed by atoms with Crippen molar-refractivity contribution in [1.82, 2.24) is 10.2 Å². The van der Waals surface area contributed by atoms with Crippen LogP contribution in [0.5, 0.6) is 5.75 Å². The summed E-state index contributed by atoms with van der Waals surface area (Å²) in [5.41, 5.74) is 1.18. The van der Waals surface area contributed by atoms with Crippen molar-refractivity contribution < 1.29 is 4.74 Å². The van der Waals surface area contributed by atoms with E-state index in [1.807, 2.05) is 0 Å². The summed E-state index contributed by atoms with van der Waals surface area (Å²) in [7, 11) is 0. The van der Waals surface area contributed by atoms with Gasteiger partial charge in [-0.15, -0.1) is 0 Å². The average Bonchev–Trinajstić information content (AvgIpc) is 2.05. The van der Waals surface area contributed by atoms with Crippen molar-refractivity contribution in [2.24, 2.45) is 0 Å². The lowest BCUT2D eigenvalue weighted by atomic mass is 10.1. The van der Waals surface area contributed by atoms with Crippen LogP contribution in [0, 0.1) is 0 Å². The van der Waals surface area contributed by atoms with E-state index in [1.54, 1.807) is 12.4 Å². The summed E-state index contributed by atoms with van der Waals surface area (Å²) in [4.78, 5) is 0. The SMILES string of the molecule is c1nncc2c1CCCO2. The number of fused-ring (bicyclic) bond motifs is 1. The second-order valence-corrected chi connectivity index (χ2v) is 2.33. The Morgan fingerprint density at radius 3 is 3.10 bits per heavy atom. The van der Waals surface area contributed by atoms with Crippen LogP contribution in [0.4, 0.5) is 0 Å². The van der Waals surface area contributed by atoms with Gasteiger partial charge in [0.25, 0.3) is 0 Å². The molecule has 10 heavy (non-hydrogen) atoms. The maximum atomic E-state index is 5.32. The van der Waals surface area contributed by atoms with Crippen LogP contribution in [0.25, 0.3) is 0 Å². The van der Waals surface area contributed by atoms with Crippen LogP contribution in [-0.4, -0.2) is 16.8 Å². The first-order chi connectivity index (χ1) is 4.97. The maximum Gasteiger partial charge on any atom is 0.144 e. The predicted molar refractivity (Wildman–Crippen MR) is 35.8 cm³/mol. The van der Waals surface area contributed by atoms with E-state index in [-0.39, 0.29) is 0 Å². The molecule has 0 N–H and O–H groups in total. The maximum absolute atomic E-state index is 5.32. The van der Waals surface area contributed by atoms with E-state index in [4.69, 9.17) is 4.74 Å². The molecule has 2 heterocycles. The summed E-state index contributed by atoms with van der Waals surface area (Å²) in [6.45, 7) is 0.818. The van der Waals surface area contributed by atoms with Crippen LogP contribution in [0.1, 0.15) is 12.0 Å². The second-order valence-electron chi connectivity index (χ2n) is 2.33. The standard InChI is InChI=1S/C7H8N2O/c1-2-6-4-8-9-5-7(6)10-3-1/h4-5H,1-3H2. The normalized spacial score (nSPS) is 15.6. The molecule has 0 radical (unpaired) electrons. The smallest absolute Gasteiger partial charge is 0.144 e. The van der Waals surface area contributed by atoms with Crippen LogP contribution in [0.2, 0.25) is 0 Å². The van der Waals surface area contributed by atoms with Crippen molar-refractivity contribution in [1.29, 1.82) is 0 Å². The fourth-order valence-electron chi connectivity index (χ4n) is 1.10. The number of nitrogens with zero attached hydrogens (tertiary/aromatic N) is 2. The lowest BCUT2D eigenvalue weighted by Crippen LogP contribution is -2.08. The van der Waals surface area contributed by atoms with Crippen LogP contribution in [0.3, 0.4) is 0 Å². The Morgan fingerprint density at radius 2 is 2.20 bits per heavy atom. The Labute approximate surface area is 59.0 Å². The molecular formula is C7H8N2O. The first-order valence-corrected chi connectivity index (χ1v) is 3.39. The first-order valence-electron chi connectivity index (χ1n) is 3.39. The van der Waals surface area contributed by atoms with Crippen LogP contribution < -0.4 is 4.74 Å². The summed E-state index contributed by atoms with van der Waals surface area (Å²) in [6, 6.07) is 0. The zero-order chi connectivity index (χ0) is 6.81. The molecule has 0 aromatic carbocycles. The lowest BCUT2D eigenvalue weighted by Gasteiger charge is -2.14. The van der Waals surface area contributed by atoms with Gasteiger partial charge in [0.1, 0.15) is 5.75 Å². The molecule has 0 spiro atoms. The van der Waals surface area contributed by atoms with E-state index >= 15 is 0 Å². The van der Waals surface area contributed by atoms with E-state index in [0.717, 1.165) is 25.2 Å². The minimum absolute atomic E-state index is 0.818. The summed E-state index contributed by atoms with van der Waals surface area (Å²) in [5, 5.41) is 7.49. The lowest BCUT2D eigenvalue weighted by molar-refractivity contribution is 0.286. The summed E-state index contributed by atoms with van der Waals surface area (Å²) < 4.78 is 5.32. The van der Waals surface area contributed by atoms with Gasteiger partial charge in [-0.25, -0.2) is 0 Å². The van der Waals surface area contributed by atoms with Crippen LogP contribution in [-0.2, 0) is 6.42 Å². The minimum Gasteiger partial charge on any atom is -0.492 e. The van der Waals surface area contributed by atoms with Crippen molar-refractivity contribution in [3.63, 3.8) is 0 Å². The van der Waals surface area contributed by atoms with Gasteiger partial charge < -0.3 is 4.74 Å². The van der Waals surface area contributed by atoms with Gasteiger partial charge in [-0.2, -0.15) is 10.2 Å². The molecule has 0 fully saturated rings. The third kappa shape index (κ3) is 0.835. The highest BCUT2D eigenvalue weighted by Gasteiger charge is 2.08. The highest BCUT2D eigenvalue weighted by Crippen LogP contribution is 2.20. The van der Waals surface area contributed by atoms with Gasteiger partial charge in [-0.3, -0.25) is 0 Å². The highest BCUT2D eigenvalue weighted by molar-refractivity contribution is 5.28. The zero-order valence-electron chi connectivity index (χ0n) is 5.58. The van der Waals surface area contributed by atoms with E-state index in [1.165, 1.54) is 5.56 Å². The minimum atomic E-state index is 0.818. The monoisotopic (exact) mass is 136 g/mol. The molecule has 52 valence electrons. The molecule has 3 heteroatoms. The Balaban J connectivity index is 2.41. The van der Waals surface area contributed by atoms with Gasteiger partial charge in [-0.05, 0) is 12.8 Å². The molecule has 1 aliphatic heterocycles. The van der Waals surface area contributed by atoms with Gasteiger partial charge >= 0.3 is 0 Å². The number of hydrogen-bond donors (Lipinski definition) is 0. The molecule has 1 aromatic rings. The quantitative estimate of drug-likeness (QED) is 0.529. The molecule has 0 amide bonds. The van der Waals surface area contributed by atoms with E-state index in [9.17, 15) is 0 Å². The zero-order valence-corrected chi connectivity index (χ0v) is 5.58. The Hall–Kier alpha value is -1.12. The van der Waals surface area contributed by atoms with Crippen molar-refractivity contribution in [3.05, 3.63) is 18.0 Å². The molecule has 0 saturated heterocycles. The second kappa shape index (κ2) is 2.25. The van der Waals surface area contributed by atoms with Crippen molar-refractivity contribution in [3.8, 4) is 5.75 Å². The third-order valence-electron chi connectivity index (χ3n) is 1.62. The number of aromatic nitrogens is 2. The number of ether oxygens (including phenoxy) is 1. The van der Waals surface area contributed by atoms with E-state index in [2.05, 4.69) is 10.2 Å². The Bertz CT molecular complexity index is 212. The van der Waals surface area contributed by atoms with Crippen molar-refractivity contribution in [2.45, 2.75) is 12.8 Å². The van der Waals surface area contributed by atoms with Crippen LogP contribution >= 0.6 is 0 Å². The summed E-state index contributed by atoms with van der Waals surface area (Å²) in [6.07, 6.45) is 5.62. The summed E-state index contributed by atoms with van der Waals surface area (Å²) in [5.74, 6) is 0.904. The van der Waals surface area contributed by atoms with Crippen molar-refractivity contribution >= 4 is 0 Å². The Kier molecular flexibility index (Phi) is 1.27. The van der Waals surface area contributed by atoms with Crippen LogP contribution in [0.15, 0.2) is 12.4 Å². The van der Waals surface area contributed by atoms with Gasteiger partial charge in [-0.1, -0.05) is 0 Å². The molecule has 0 atom stereocenters. The molecule has 0 bridgehead atoms. The Morgan fingerprint density at radius 1 is 1.30 bits per heavy atom. The third-order valence-corrected chi connectivity index (χ3v) is 1.62. The number of aryl methyl sites for hydroxylation is 1. The topological polar surface area (TPSA) is 35.0 Å². The van der Waals surface area contributed by atoms with E-state index < -0.39 is 0 Å². The number of hydrogen-bond acceptors (Lipinski definition) is 3. The summed E-state index contributed by atoms with van der Waals surface area (Å²) >= 11 is 0. The van der Waals surface area contributed by atoms with Gasteiger partial charge in [0, 0.05) is 5.56 Å². The molecule has 0 aliphatic carbocycles. The highest BCUT2D eigenvalue weighted by atomic mass is 16.5. The fraction of sp³-hybridized carbons (Fsp3) is 0.429. The average molecular weight is 136 g/mol. The predicted octanol–water partition coefficient (Wildman–Crippen LogP) is 0.802. The molecule has 2 rings (SSSR count).